The summed E-state index contributed by atoms with van der Waals surface area (Å²) in [5, 5.41) is 8.75. The molecule has 0 aliphatic carbocycles. The molecule has 4 nitrogen and oxygen atoms in total. The molecule has 0 bridgehead atoms. The normalized spacial score (nSPS) is 25.3. The SMILES string of the molecule is CC1CCN(C(=O)C(F)(F)C(F)(F)F)C1C(=O)O. The van der Waals surface area contributed by atoms with Gasteiger partial charge in [-0.05, 0) is 12.3 Å². The Morgan fingerprint density at radius 2 is 1.72 bits per heavy atom. The van der Waals surface area contributed by atoms with Crippen molar-refractivity contribution in [3.05, 3.63) is 0 Å². The van der Waals surface area contributed by atoms with Crippen molar-refractivity contribution in [3.63, 3.8) is 0 Å². The van der Waals surface area contributed by atoms with E-state index in [1.165, 1.54) is 6.92 Å². The third-order valence-electron chi connectivity index (χ3n) is 2.84. The molecule has 1 fully saturated rings. The number of alkyl halides is 5. The van der Waals surface area contributed by atoms with Gasteiger partial charge >= 0.3 is 24.0 Å². The Morgan fingerprint density at radius 1 is 1.22 bits per heavy atom. The summed E-state index contributed by atoms with van der Waals surface area (Å²) in [4.78, 5) is 22.0. The molecule has 1 rings (SSSR count). The number of carbonyl (C=O) groups is 2. The summed E-state index contributed by atoms with van der Waals surface area (Å²) >= 11 is 0. The Morgan fingerprint density at radius 3 is 2.11 bits per heavy atom. The van der Waals surface area contributed by atoms with Gasteiger partial charge in [0.2, 0.25) is 0 Å². The lowest BCUT2D eigenvalue weighted by atomic mass is 10.0. The lowest BCUT2D eigenvalue weighted by molar-refractivity contribution is -0.274. The molecule has 0 saturated carbocycles. The average Bonchev–Trinajstić information content (AvgIpc) is 2.57. The van der Waals surface area contributed by atoms with Gasteiger partial charge < -0.3 is 10.0 Å². The van der Waals surface area contributed by atoms with Crippen molar-refractivity contribution in [1.29, 1.82) is 0 Å². The Labute approximate surface area is 98.4 Å². The molecule has 1 aliphatic rings. The molecule has 104 valence electrons. The summed E-state index contributed by atoms with van der Waals surface area (Å²) in [5.74, 6) is -10.3. The Balaban J connectivity index is 3.01. The van der Waals surface area contributed by atoms with Crippen molar-refractivity contribution in [1.82, 2.24) is 4.90 Å². The average molecular weight is 275 g/mol. The minimum Gasteiger partial charge on any atom is -0.480 e. The summed E-state index contributed by atoms with van der Waals surface area (Å²) < 4.78 is 61.7. The molecule has 1 saturated heterocycles. The number of carboxylic acids is 1. The molecule has 0 aromatic heterocycles. The Kier molecular flexibility index (Phi) is 3.55. The lowest BCUT2D eigenvalue weighted by Crippen LogP contribution is -2.55. The number of carbonyl (C=O) groups excluding carboxylic acids is 1. The molecule has 0 aromatic carbocycles. The van der Waals surface area contributed by atoms with E-state index in [1.807, 2.05) is 0 Å². The highest BCUT2D eigenvalue weighted by molar-refractivity contribution is 5.89. The van der Waals surface area contributed by atoms with E-state index < -0.39 is 42.5 Å². The summed E-state index contributed by atoms with van der Waals surface area (Å²) in [6, 6.07) is -1.65. The molecule has 0 spiro atoms. The topological polar surface area (TPSA) is 57.6 Å². The first kappa shape index (κ1) is 14.7. The quantitative estimate of drug-likeness (QED) is 0.777. The third kappa shape index (κ3) is 2.25. The fraction of sp³-hybridized carbons (Fsp3) is 0.778. The smallest absolute Gasteiger partial charge is 0.463 e. The molecule has 2 unspecified atom stereocenters. The van der Waals surface area contributed by atoms with Crippen LogP contribution in [-0.2, 0) is 9.59 Å². The molecule has 1 amide bonds. The van der Waals surface area contributed by atoms with E-state index in [4.69, 9.17) is 5.11 Å². The van der Waals surface area contributed by atoms with E-state index in [9.17, 15) is 31.5 Å². The number of likely N-dealkylation sites (tertiary alicyclic amines) is 1. The van der Waals surface area contributed by atoms with Crippen molar-refractivity contribution in [3.8, 4) is 0 Å². The fourth-order valence-electron chi connectivity index (χ4n) is 1.85. The van der Waals surface area contributed by atoms with Crippen LogP contribution in [0.15, 0.2) is 0 Å². The molecule has 0 radical (unpaired) electrons. The van der Waals surface area contributed by atoms with Crippen LogP contribution in [0.4, 0.5) is 22.0 Å². The van der Waals surface area contributed by atoms with Crippen LogP contribution >= 0.6 is 0 Å². The van der Waals surface area contributed by atoms with Crippen molar-refractivity contribution in [2.45, 2.75) is 31.5 Å². The van der Waals surface area contributed by atoms with Gasteiger partial charge in [0.15, 0.2) is 0 Å². The maximum atomic E-state index is 12.8. The Hall–Kier alpha value is -1.41. The van der Waals surface area contributed by atoms with E-state index in [-0.39, 0.29) is 11.3 Å². The first-order chi connectivity index (χ1) is 8.00. The highest BCUT2D eigenvalue weighted by Crippen LogP contribution is 2.39. The Bertz CT molecular complexity index is 368. The number of aliphatic carboxylic acids is 1. The van der Waals surface area contributed by atoms with Crippen LogP contribution in [0.1, 0.15) is 13.3 Å². The van der Waals surface area contributed by atoms with Gasteiger partial charge in [-0.25, -0.2) is 4.79 Å². The molecular formula is C9H10F5NO3. The van der Waals surface area contributed by atoms with E-state index in [0.29, 0.717) is 0 Å². The number of rotatable bonds is 2. The van der Waals surface area contributed by atoms with Crippen LogP contribution in [0.5, 0.6) is 0 Å². The predicted molar refractivity (Wildman–Crippen MR) is 47.9 cm³/mol. The number of halogens is 5. The summed E-state index contributed by atoms with van der Waals surface area (Å²) in [6.45, 7) is 0.945. The standard InChI is InChI=1S/C9H10F5NO3/c1-4-2-3-15(5(4)6(16)17)7(18)8(10,11)9(12,13)14/h4-5H,2-3H2,1H3,(H,16,17). The molecule has 1 N–H and O–H groups in total. The molecular weight excluding hydrogens is 265 g/mol. The lowest BCUT2D eigenvalue weighted by Gasteiger charge is -2.28. The monoisotopic (exact) mass is 275 g/mol. The van der Waals surface area contributed by atoms with Gasteiger partial charge in [-0.1, -0.05) is 6.92 Å². The fourth-order valence-corrected chi connectivity index (χ4v) is 1.85. The number of carboxylic acid groups (broad SMARTS) is 1. The van der Waals surface area contributed by atoms with Crippen LogP contribution in [0.2, 0.25) is 0 Å². The van der Waals surface area contributed by atoms with Gasteiger partial charge in [-0.15, -0.1) is 0 Å². The van der Waals surface area contributed by atoms with Crippen LogP contribution < -0.4 is 0 Å². The zero-order valence-corrected chi connectivity index (χ0v) is 9.17. The van der Waals surface area contributed by atoms with Crippen molar-refractivity contribution >= 4 is 11.9 Å². The minimum atomic E-state index is -6.03. The molecule has 0 aromatic rings. The van der Waals surface area contributed by atoms with Gasteiger partial charge in [0.25, 0.3) is 0 Å². The van der Waals surface area contributed by atoms with Gasteiger partial charge in [-0.3, -0.25) is 4.79 Å². The number of hydrogen-bond donors (Lipinski definition) is 1. The molecule has 1 heterocycles. The van der Waals surface area contributed by atoms with Crippen molar-refractivity contribution < 1.29 is 36.6 Å². The van der Waals surface area contributed by atoms with Crippen LogP contribution in [-0.4, -0.2) is 46.6 Å². The highest BCUT2D eigenvalue weighted by Gasteiger charge is 2.66. The second-order valence-corrected chi connectivity index (χ2v) is 4.12. The largest absolute Gasteiger partial charge is 0.480 e. The highest BCUT2D eigenvalue weighted by atomic mass is 19.4. The van der Waals surface area contributed by atoms with Gasteiger partial charge in [0, 0.05) is 6.54 Å². The van der Waals surface area contributed by atoms with Crippen molar-refractivity contribution in [2.75, 3.05) is 6.54 Å². The number of hydrogen-bond acceptors (Lipinski definition) is 2. The number of amides is 1. The second kappa shape index (κ2) is 4.36. The van der Waals surface area contributed by atoms with Crippen molar-refractivity contribution in [2.24, 2.45) is 5.92 Å². The summed E-state index contributed by atoms with van der Waals surface area (Å²) in [6.07, 6.45) is -5.96. The van der Waals surface area contributed by atoms with E-state index in [2.05, 4.69) is 0 Å². The molecule has 1 aliphatic heterocycles. The van der Waals surface area contributed by atoms with Gasteiger partial charge in [0.1, 0.15) is 6.04 Å². The summed E-state index contributed by atoms with van der Waals surface area (Å²) in [5.41, 5.74) is 0. The maximum absolute atomic E-state index is 12.8. The zero-order valence-electron chi connectivity index (χ0n) is 9.17. The van der Waals surface area contributed by atoms with E-state index in [0.717, 1.165) is 0 Å². The molecule has 9 heteroatoms. The van der Waals surface area contributed by atoms with Crippen LogP contribution in [0.25, 0.3) is 0 Å². The second-order valence-electron chi connectivity index (χ2n) is 4.12. The maximum Gasteiger partial charge on any atom is 0.463 e. The molecule has 2 atom stereocenters. The minimum absolute atomic E-state index is 0.0661. The third-order valence-corrected chi connectivity index (χ3v) is 2.84. The predicted octanol–water partition coefficient (Wildman–Crippen LogP) is 1.51. The number of nitrogens with zero attached hydrogens (tertiary/aromatic N) is 1. The van der Waals surface area contributed by atoms with E-state index in [1.54, 1.807) is 0 Å². The summed E-state index contributed by atoms with van der Waals surface area (Å²) in [7, 11) is 0. The zero-order chi connectivity index (χ0) is 14.3. The van der Waals surface area contributed by atoms with Gasteiger partial charge in [-0.2, -0.15) is 22.0 Å². The molecule has 18 heavy (non-hydrogen) atoms. The van der Waals surface area contributed by atoms with Crippen LogP contribution in [0.3, 0.4) is 0 Å². The first-order valence-corrected chi connectivity index (χ1v) is 4.98. The first-order valence-electron chi connectivity index (χ1n) is 4.98. The van der Waals surface area contributed by atoms with E-state index >= 15 is 0 Å². The van der Waals surface area contributed by atoms with Crippen LogP contribution in [0, 0.1) is 5.92 Å². The van der Waals surface area contributed by atoms with Gasteiger partial charge in [0.05, 0.1) is 0 Å².